The van der Waals surface area contributed by atoms with Crippen LogP contribution in [-0.4, -0.2) is 55.1 Å². The zero-order chi connectivity index (χ0) is 14.1. The second-order valence-corrected chi connectivity index (χ2v) is 4.48. The van der Waals surface area contributed by atoms with E-state index in [0.29, 0.717) is 32.8 Å². The van der Waals surface area contributed by atoms with Crippen molar-refractivity contribution in [3.05, 3.63) is 35.4 Å². The first-order chi connectivity index (χ1) is 9.21. The van der Waals surface area contributed by atoms with E-state index in [0.717, 1.165) is 11.1 Å². The highest BCUT2D eigenvalue weighted by atomic mass is 16.5. The average molecular weight is 268 g/mol. The van der Waals surface area contributed by atoms with Crippen molar-refractivity contribution in [3.63, 3.8) is 0 Å². The molecule has 1 rings (SSSR count). The number of hydrogen-bond donors (Lipinski definition) is 3. The molecule has 1 aromatic carbocycles. The monoisotopic (exact) mass is 268 g/mol. The fraction of sp³-hybridized carbons (Fsp3) is 0.571. The fourth-order valence-corrected chi connectivity index (χ4v) is 1.88. The molecule has 0 aliphatic carbocycles. The maximum Gasteiger partial charge on any atom is 0.0916 e. The molecule has 0 saturated carbocycles. The molecule has 0 aromatic heterocycles. The minimum Gasteiger partial charge on any atom is -0.395 e. The van der Waals surface area contributed by atoms with Gasteiger partial charge in [0.1, 0.15) is 0 Å². The van der Waals surface area contributed by atoms with Crippen LogP contribution in [0.4, 0.5) is 0 Å². The maximum absolute atomic E-state index is 10.2. The third-order valence-corrected chi connectivity index (χ3v) is 3.06. The standard InChI is InChI=1S/C14H24N2O3/c1-19-9-7-16(6-8-17)11-14(18)13-4-2-12(10-15)3-5-13/h2-5,14,17-18H,6-11,15H2,1H3. The molecule has 1 aromatic rings. The van der Waals surface area contributed by atoms with Crippen LogP contribution in [0.1, 0.15) is 17.2 Å². The Bertz CT molecular complexity index is 343. The Morgan fingerprint density at radius 3 is 2.47 bits per heavy atom. The van der Waals surface area contributed by atoms with Crippen LogP contribution in [0, 0.1) is 0 Å². The van der Waals surface area contributed by atoms with Gasteiger partial charge in [-0.3, -0.25) is 4.90 Å². The van der Waals surface area contributed by atoms with Crippen molar-refractivity contribution >= 4 is 0 Å². The van der Waals surface area contributed by atoms with E-state index in [2.05, 4.69) is 0 Å². The van der Waals surface area contributed by atoms with Crippen LogP contribution in [0.15, 0.2) is 24.3 Å². The topological polar surface area (TPSA) is 79.0 Å². The van der Waals surface area contributed by atoms with Gasteiger partial charge in [0.05, 0.1) is 19.3 Å². The lowest BCUT2D eigenvalue weighted by Crippen LogP contribution is -2.34. The van der Waals surface area contributed by atoms with Crippen LogP contribution in [0.2, 0.25) is 0 Å². The van der Waals surface area contributed by atoms with Crippen molar-refractivity contribution in [3.8, 4) is 0 Å². The van der Waals surface area contributed by atoms with Crippen molar-refractivity contribution in [1.82, 2.24) is 4.90 Å². The summed E-state index contributed by atoms with van der Waals surface area (Å²) in [6.45, 7) is 2.85. The summed E-state index contributed by atoms with van der Waals surface area (Å²) >= 11 is 0. The van der Waals surface area contributed by atoms with E-state index < -0.39 is 6.10 Å². The lowest BCUT2D eigenvalue weighted by Gasteiger charge is -2.24. The number of ether oxygens (including phenoxy) is 1. The molecule has 0 aliphatic rings. The molecule has 19 heavy (non-hydrogen) atoms. The summed E-state index contributed by atoms with van der Waals surface area (Å²) in [7, 11) is 1.64. The summed E-state index contributed by atoms with van der Waals surface area (Å²) in [5.41, 5.74) is 7.44. The first kappa shape index (κ1) is 16.1. The number of hydrogen-bond acceptors (Lipinski definition) is 5. The third-order valence-electron chi connectivity index (χ3n) is 3.06. The van der Waals surface area contributed by atoms with Crippen LogP contribution in [0.25, 0.3) is 0 Å². The molecule has 0 saturated heterocycles. The first-order valence-electron chi connectivity index (χ1n) is 6.50. The second kappa shape index (κ2) is 9.01. The molecule has 0 radical (unpaired) electrons. The maximum atomic E-state index is 10.2. The Balaban J connectivity index is 2.55. The van der Waals surface area contributed by atoms with Crippen LogP contribution in [-0.2, 0) is 11.3 Å². The summed E-state index contributed by atoms with van der Waals surface area (Å²) in [5.74, 6) is 0. The zero-order valence-electron chi connectivity index (χ0n) is 11.5. The molecule has 0 spiro atoms. The Hall–Kier alpha value is -0.980. The highest BCUT2D eigenvalue weighted by molar-refractivity contribution is 5.24. The lowest BCUT2D eigenvalue weighted by atomic mass is 10.1. The summed E-state index contributed by atoms with van der Waals surface area (Å²) < 4.78 is 5.02. The predicted molar refractivity (Wildman–Crippen MR) is 74.7 cm³/mol. The quantitative estimate of drug-likeness (QED) is 0.593. The summed E-state index contributed by atoms with van der Waals surface area (Å²) in [5, 5.41) is 19.2. The highest BCUT2D eigenvalue weighted by Crippen LogP contribution is 2.15. The molecule has 5 heteroatoms. The van der Waals surface area contributed by atoms with Crippen molar-refractivity contribution in [1.29, 1.82) is 0 Å². The van der Waals surface area contributed by atoms with E-state index in [1.54, 1.807) is 7.11 Å². The number of nitrogens with two attached hydrogens (primary N) is 1. The van der Waals surface area contributed by atoms with Gasteiger partial charge in [0.2, 0.25) is 0 Å². The Labute approximate surface area is 114 Å². The van der Waals surface area contributed by atoms with Gasteiger partial charge in [-0.2, -0.15) is 0 Å². The lowest BCUT2D eigenvalue weighted by molar-refractivity contribution is 0.0779. The summed E-state index contributed by atoms with van der Waals surface area (Å²) in [6.07, 6.45) is -0.574. The Morgan fingerprint density at radius 1 is 1.26 bits per heavy atom. The fourth-order valence-electron chi connectivity index (χ4n) is 1.88. The molecule has 4 N–H and O–H groups in total. The smallest absolute Gasteiger partial charge is 0.0916 e. The molecule has 0 heterocycles. The number of nitrogens with zero attached hydrogens (tertiary/aromatic N) is 1. The molecule has 1 atom stereocenters. The van der Waals surface area contributed by atoms with Gasteiger partial charge in [0.15, 0.2) is 0 Å². The molecule has 108 valence electrons. The van der Waals surface area contributed by atoms with E-state index in [9.17, 15) is 5.11 Å². The summed E-state index contributed by atoms with van der Waals surface area (Å²) in [4.78, 5) is 1.98. The van der Waals surface area contributed by atoms with E-state index in [1.807, 2.05) is 29.2 Å². The molecular formula is C14H24N2O3. The number of rotatable bonds is 9. The van der Waals surface area contributed by atoms with Crippen LogP contribution >= 0.6 is 0 Å². The van der Waals surface area contributed by atoms with Gasteiger partial charge in [0.25, 0.3) is 0 Å². The third kappa shape index (κ3) is 5.67. The minimum atomic E-state index is -0.574. The Morgan fingerprint density at radius 2 is 1.95 bits per heavy atom. The minimum absolute atomic E-state index is 0.0720. The molecule has 5 nitrogen and oxygen atoms in total. The molecular weight excluding hydrogens is 244 g/mol. The van der Waals surface area contributed by atoms with Gasteiger partial charge in [-0.25, -0.2) is 0 Å². The predicted octanol–water partition coefficient (Wildman–Crippen LogP) is 0.119. The zero-order valence-corrected chi connectivity index (χ0v) is 11.5. The van der Waals surface area contributed by atoms with Crippen LogP contribution in [0.3, 0.4) is 0 Å². The molecule has 0 amide bonds. The number of aliphatic hydroxyl groups excluding tert-OH is 2. The van der Waals surface area contributed by atoms with Gasteiger partial charge in [-0.15, -0.1) is 0 Å². The van der Waals surface area contributed by atoms with Crippen molar-refractivity contribution in [2.24, 2.45) is 5.73 Å². The average Bonchev–Trinajstić information content (AvgIpc) is 2.45. The van der Waals surface area contributed by atoms with Gasteiger partial charge in [-0.1, -0.05) is 24.3 Å². The first-order valence-corrected chi connectivity index (χ1v) is 6.50. The highest BCUT2D eigenvalue weighted by Gasteiger charge is 2.13. The number of methoxy groups -OCH3 is 1. The van der Waals surface area contributed by atoms with Crippen molar-refractivity contribution in [2.75, 3.05) is 40.0 Å². The normalized spacial score (nSPS) is 12.9. The van der Waals surface area contributed by atoms with Crippen LogP contribution < -0.4 is 5.73 Å². The Kier molecular flexibility index (Phi) is 7.62. The summed E-state index contributed by atoms with van der Waals surface area (Å²) in [6, 6.07) is 7.62. The number of aliphatic hydroxyl groups is 2. The van der Waals surface area contributed by atoms with E-state index >= 15 is 0 Å². The second-order valence-electron chi connectivity index (χ2n) is 4.48. The largest absolute Gasteiger partial charge is 0.395 e. The van der Waals surface area contributed by atoms with Gasteiger partial charge in [0, 0.05) is 33.3 Å². The van der Waals surface area contributed by atoms with Gasteiger partial charge >= 0.3 is 0 Å². The van der Waals surface area contributed by atoms with E-state index in [-0.39, 0.29) is 6.61 Å². The molecule has 0 bridgehead atoms. The van der Waals surface area contributed by atoms with E-state index in [4.69, 9.17) is 15.6 Å². The van der Waals surface area contributed by atoms with Crippen LogP contribution in [0.5, 0.6) is 0 Å². The molecule has 1 unspecified atom stereocenters. The van der Waals surface area contributed by atoms with Gasteiger partial charge in [-0.05, 0) is 11.1 Å². The van der Waals surface area contributed by atoms with Crippen molar-refractivity contribution < 1.29 is 14.9 Å². The molecule has 0 aliphatic heterocycles. The number of benzene rings is 1. The SMILES string of the molecule is COCCN(CCO)CC(O)c1ccc(CN)cc1. The van der Waals surface area contributed by atoms with Crippen molar-refractivity contribution in [2.45, 2.75) is 12.6 Å². The molecule has 0 fully saturated rings. The van der Waals surface area contributed by atoms with Gasteiger partial charge < -0.3 is 20.7 Å². The van der Waals surface area contributed by atoms with E-state index in [1.165, 1.54) is 0 Å².